The molecule has 0 radical (unpaired) electrons. The van der Waals surface area contributed by atoms with E-state index in [2.05, 4.69) is 11.7 Å². The average molecular weight is 235 g/mol. The second-order valence-electron chi connectivity index (χ2n) is 3.76. The molecule has 4 heteroatoms. The number of carbonyl (C=O) groups excluding carboxylic acids is 2. The summed E-state index contributed by atoms with van der Waals surface area (Å²) in [6.45, 7) is 3.12. The maximum atomic E-state index is 11.7. The molecule has 0 heterocycles. The van der Waals surface area contributed by atoms with E-state index in [0.717, 1.165) is 17.7 Å². The molecule has 0 unspecified atom stereocenters. The Kier molecular flexibility index (Phi) is 4.69. The van der Waals surface area contributed by atoms with Crippen LogP contribution >= 0.6 is 0 Å². The van der Waals surface area contributed by atoms with Crippen LogP contribution in [0.25, 0.3) is 0 Å². The summed E-state index contributed by atoms with van der Waals surface area (Å²) in [5, 5.41) is 0. The summed E-state index contributed by atoms with van der Waals surface area (Å²) in [7, 11) is 1.67. The molecule has 0 spiro atoms. The van der Waals surface area contributed by atoms with Crippen molar-refractivity contribution in [3.63, 3.8) is 0 Å². The number of hydrogen-bond donors (Lipinski definition) is 0. The number of likely N-dealkylation sites (N-methyl/N-ethyl adjacent to an activating group) is 1. The van der Waals surface area contributed by atoms with Gasteiger partial charge in [0.05, 0.1) is 0 Å². The van der Waals surface area contributed by atoms with Crippen LogP contribution in [0.5, 0.6) is 0 Å². The van der Waals surface area contributed by atoms with E-state index < -0.39 is 5.97 Å². The highest BCUT2D eigenvalue weighted by Crippen LogP contribution is 2.15. The Morgan fingerprint density at radius 1 is 1.35 bits per heavy atom. The molecule has 0 aliphatic heterocycles. The van der Waals surface area contributed by atoms with E-state index in [4.69, 9.17) is 0 Å². The van der Waals surface area contributed by atoms with E-state index in [0.29, 0.717) is 0 Å². The number of anilines is 1. The van der Waals surface area contributed by atoms with Gasteiger partial charge in [0.15, 0.2) is 6.61 Å². The van der Waals surface area contributed by atoms with Gasteiger partial charge < -0.3 is 9.64 Å². The second kappa shape index (κ2) is 6.03. The Labute approximate surface area is 101 Å². The van der Waals surface area contributed by atoms with Gasteiger partial charge in [0.25, 0.3) is 5.91 Å². The number of rotatable bonds is 4. The van der Waals surface area contributed by atoms with Crippen LogP contribution in [0.2, 0.25) is 0 Å². The summed E-state index contributed by atoms with van der Waals surface area (Å²) in [6.07, 6.45) is 0.916. The number of nitrogens with zero attached hydrogens (tertiary/aromatic N) is 1. The fourth-order valence-corrected chi connectivity index (χ4v) is 1.39. The molecule has 0 aromatic heterocycles. The summed E-state index contributed by atoms with van der Waals surface area (Å²) in [5.41, 5.74) is 1.97. The quantitative estimate of drug-likeness (QED) is 0.747. The molecule has 4 nitrogen and oxygen atoms in total. The lowest BCUT2D eigenvalue weighted by Crippen LogP contribution is -2.30. The summed E-state index contributed by atoms with van der Waals surface area (Å²) in [6, 6.07) is 7.72. The Morgan fingerprint density at radius 2 is 2.06 bits per heavy atom. The first-order chi connectivity index (χ1) is 8.04. The maximum Gasteiger partial charge on any atom is 0.303 e. The second-order valence-corrected chi connectivity index (χ2v) is 3.76. The van der Waals surface area contributed by atoms with Gasteiger partial charge in [0.1, 0.15) is 0 Å². The molecule has 0 N–H and O–H groups in total. The van der Waals surface area contributed by atoms with Crippen molar-refractivity contribution in [2.45, 2.75) is 20.3 Å². The third-order valence-electron chi connectivity index (χ3n) is 2.48. The molecule has 1 amide bonds. The summed E-state index contributed by atoms with van der Waals surface area (Å²) >= 11 is 0. The first-order valence-corrected chi connectivity index (χ1v) is 5.53. The van der Waals surface area contributed by atoms with Crippen LogP contribution in [0.3, 0.4) is 0 Å². The smallest absolute Gasteiger partial charge is 0.303 e. The van der Waals surface area contributed by atoms with E-state index in [1.54, 1.807) is 7.05 Å². The largest absolute Gasteiger partial charge is 0.456 e. The first-order valence-electron chi connectivity index (χ1n) is 5.53. The lowest BCUT2D eigenvalue weighted by molar-refractivity contribution is -0.145. The number of amides is 1. The van der Waals surface area contributed by atoms with Crippen LogP contribution in [-0.4, -0.2) is 25.5 Å². The van der Waals surface area contributed by atoms with Crippen molar-refractivity contribution >= 4 is 17.6 Å². The highest BCUT2D eigenvalue weighted by molar-refractivity contribution is 5.94. The van der Waals surface area contributed by atoms with Crippen molar-refractivity contribution in [3.05, 3.63) is 29.8 Å². The van der Waals surface area contributed by atoms with Gasteiger partial charge in [-0.3, -0.25) is 9.59 Å². The lowest BCUT2D eigenvalue weighted by atomic mass is 10.1. The number of benzene rings is 1. The summed E-state index contributed by atoms with van der Waals surface area (Å²) in [4.78, 5) is 23.8. The van der Waals surface area contributed by atoms with E-state index in [-0.39, 0.29) is 12.5 Å². The molecule has 0 atom stereocenters. The van der Waals surface area contributed by atoms with Gasteiger partial charge >= 0.3 is 5.97 Å². The number of aryl methyl sites for hydroxylation is 1. The Morgan fingerprint density at radius 3 is 2.65 bits per heavy atom. The predicted octanol–water partition coefficient (Wildman–Crippen LogP) is 1.77. The molecule has 0 saturated carbocycles. The van der Waals surface area contributed by atoms with Crippen LogP contribution in [0, 0.1) is 0 Å². The zero-order valence-corrected chi connectivity index (χ0v) is 10.4. The zero-order valence-electron chi connectivity index (χ0n) is 10.4. The minimum atomic E-state index is -0.450. The van der Waals surface area contributed by atoms with Crippen molar-refractivity contribution in [3.8, 4) is 0 Å². The topological polar surface area (TPSA) is 46.6 Å². The Hall–Kier alpha value is -1.84. The number of carbonyl (C=O) groups is 2. The molecule has 17 heavy (non-hydrogen) atoms. The highest BCUT2D eigenvalue weighted by atomic mass is 16.5. The highest BCUT2D eigenvalue weighted by Gasteiger charge is 2.12. The summed E-state index contributed by atoms with van der Waals surface area (Å²) in [5.74, 6) is -0.692. The van der Waals surface area contributed by atoms with Crippen LogP contribution < -0.4 is 4.90 Å². The molecular formula is C13H17NO3. The van der Waals surface area contributed by atoms with E-state index in [1.165, 1.54) is 11.8 Å². The fourth-order valence-electron chi connectivity index (χ4n) is 1.39. The molecule has 1 aromatic carbocycles. The summed E-state index contributed by atoms with van der Waals surface area (Å²) < 4.78 is 4.67. The molecule has 0 aliphatic carbocycles. The van der Waals surface area contributed by atoms with Gasteiger partial charge in [-0.25, -0.2) is 0 Å². The van der Waals surface area contributed by atoms with Gasteiger partial charge in [0.2, 0.25) is 0 Å². The van der Waals surface area contributed by atoms with Crippen molar-refractivity contribution in [2.75, 3.05) is 18.6 Å². The maximum absolute atomic E-state index is 11.7. The molecule has 0 fully saturated rings. The minimum absolute atomic E-state index is 0.220. The molecule has 0 saturated heterocycles. The van der Waals surface area contributed by atoms with Crippen LogP contribution in [0.1, 0.15) is 19.4 Å². The van der Waals surface area contributed by atoms with Crippen molar-refractivity contribution in [2.24, 2.45) is 0 Å². The van der Waals surface area contributed by atoms with Crippen LogP contribution in [0.15, 0.2) is 24.3 Å². The van der Waals surface area contributed by atoms with Crippen LogP contribution in [0.4, 0.5) is 5.69 Å². The van der Waals surface area contributed by atoms with E-state index in [9.17, 15) is 9.59 Å². The Bertz CT molecular complexity index is 415. The SMILES string of the molecule is CCc1cccc(N(C)C(=O)COC(C)=O)c1. The molecule has 1 rings (SSSR count). The molecular weight excluding hydrogens is 218 g/mol. The predicted molar refractivity (Wildman–Crippen MR) is 65.9 cm³/mol. The van der Waals surface area contributed by atoms with Crippen molar-refractivity contribution in [1.29, 1.82) is 0 Å². The van der Waals surface area contributed by atoms with Crippen LogP contribution in [-0.2, 0) is 20.7 Å². The molecule has 92 valence electrons. The van der Waals surface area contributed by atoms with Gasteiger partial charge in [-0.1, -0.05) is 19.1 Å². The van der Waals surface area contributed by atoms with Crippen molar-refractivity contribution < 1.29 is 14.3 Å². The lowest BCUT2D eigenvalue weighted by Gasteiger charge is -2.17. The number of hydrogen-bond acceptors (Lipinski definition) is 3. The van der Waals surface area contributed by atoms with E-state index in [1.807, 2.05) is 24.3 Å². The van der Waals surface area contributed by atoms with Gasteiger partial charge in [-0.15, -0.1) is 0 Å². The van der Waals surface area contributed by atoms with E-state index >= 15 is 0 Å². The van der Waals surface area contributed by atoms with Gasteiger partial charge in [-0.05, 0) is 24.1 Å². The fraction of sp³-hybridized carbons (Fsp3) is 0.385. The first kappa shape index (κ1) is 13.2. The third kappa shape index (κ3) is 3.90. The average Bonchev–Trinajstić information content (AvgIpc) is 2.35. The third-order valence-corrected chi connectivity index (χ3v) is 2.48. The molecule has 0 aliphatic rings. The van der Waals surface area contributed by atoms with Crippen molar-refractivity contribution in [1.82, 2.24) is 0 Å². The molecule has 1 aromatic rings. The minimum Gasteiger partial charge on any atom is -0.456 e. The standard InChI is InChI=1S/C13H17NO3/c1-4-11-6-5-7-12(8-11)14(3)13(16)9-17-10(2)15/h5-8H,4,9H2,1-3H3. The van der Waals surface area contributed by atoms with Gasteiger partial charge in [0, 0.05) is 19.7 Å². The van der Waals surface area contributed by atoms with Gasteiger partial charge in [-0.2, -0.15) is 0 Å². The monoisotopic (exact) mass is 235 g/mol. The Balaban J connectivity index is 2.70. The molecule has 0 bridgehead atoms. The zero-order chi connectivity index (χ0) is 12.8. The number of esters is 1. The normalized spacial score (nSPS) is 9.82. The number of ether oxygens (including phenoxy) is 1.